The maximum atomic E-state index is 11.6. The largest absolute Gasteiger partial charge is 0.486 e. The van der Waals surface area contributed by atoms with Crippen LogP contribution in [0.1, 0.15) is 12.0 Å². The summed E-state index contributed by atoms with van der Waals surface area (Å²) in [6.07, 6.45) is 0.762. The van der Waals surface area contributed by atoms with Crippen LogP contribution < -0.4 is 14.8 Å². The summed E-state index contributed by atoms with van der Waals surface area (Å²) in [5.74, 6) is 0.922. The van der Waals surface area contributed by atoms with Gasteiger partial charge in [0.15, 0.2) is 6.61 Å². The van der Waals surface area contributed by atoms with Crippen molar-refractivity contribution in [2.75, 3.05) is 33.5 Å². The fourth-order valence-corrected chi connectivity index (χ4v) is 1.90. The molecule has 7 nitrogen and oxygen atoms in total. The SMILES string of the molecule is COCCCNC(=O)COc1ccc2c(c1)OCC2=NO. The summed E-state index contributed by atoms with van der Waals surface area (Å²) in [4.78, 5) is 11.6. The van der Waals surface area contributed by atoms with Crippen LogP contribution >= 0.6 is 0 Å². The van der Waals surface area contributed by atoms with Gasteiger partial charge in [-0.2, -0.15) is 0 Å². The number of rotatable bonds is 7. The van der Waals surface area contributed by atoms with Crippen molar-refractivity contribution in [2.24, 2.45) is 5.16 Å². The van der Waals surface area contributed by atoms with E-state index in [0.717, 1.165) is 12.0 Å². The summed E-state index contributed by atoms with van der Waals surface area (Å²) in [5.41, 5.74) is 1.21. The molecule has 1 aliphatic heterocycles. The van der Waals surface area contributed by atoms with E-state index < -0.39 is 0 Å². The van der Waals surface area contributed by atoms with Crippen LogP contribution in [0.4, 0.5) is 0 Å². The number of hydrogen-bond acceptors (Lipinski definition) is 6. The topological polar surface area (TPSA) is 89.4 Å². The third kappa shape index (κ3) is 4.09. The van der Waals surface area contributed by atoms with E-state index in [1.807, 2.05) is 0 Å². The third-order valence-corrected chi connectivity index (χ3v) is 2.97. The third-order valence-electron chi connectivity index (χ3n) is 2.97. The molecule has 1 aromatic carbocycles. The number of carbonyl (C=O) groups excluding carboxylic acids is 1. The zero-order chi connectivity index (χ0) is 15.1. The van der Waals surface area contributed by atoms with Crippen molar-refractivity contribution >= 4 is 11.6 Å². The van der Waals surface area contributed by atoms with Crippen molar-refractivity contribution in [3.63, 3.8) is 0 Å². The fourth-order valence-electron chi connectivity index (χ4n) is 1.90. The molecule has 0 spiro atoms. The molecule has 0 aromatic heterocycles. The van der Waals surface area contributed by atoms with Gasteiger partial charge < -0.3 is 24.7 Å². The molecule has 0 aliphatic carbocycles. The highest BCUT2D eigenvalue weighted by Crippen LogP contribution is 2.29. The lowest BCUT2D eigenvalue weighted by molar-refractivity contribution is -0.123. The van der Waals surface area contributed by atoms with Gasteiger partial charge in [0.2, 0.25) is 0 Å². The van der Waals surface area contributed by atoms with Crippen molar-refractivity contribution < 1.29 is 24.2 Å². The second-order valence-electron chi connectivity index (χ2n) is 4.48. The van der Waals surface area contributed by atoms with E-state index in [4.69, 9.17) is 19.4 Å². The molecular formula is C14H18N2O5. The highest BCUT2D eigenvalue weighted by Gasteiger charge is 2.20. The van der Waals surface area contributed by atoms with Gasteiger partial charge in [0, 0.05) is 31.9 Å². The van der Waals surface area contributed by atoms with Crippen molar-refractivity contribution in [3.8, 4) is 11.5 Å². The van der Waals surface area contributed by atoms with Crippen molar-refractivity contribution in [1.29, 1.82) is 0 Å². The molecule has 0 atom stereocenters. The number of oxime groups is 1. The molecule has 0 saturated heterocycles. The zero-order valence-electron chi connectivity index (χ0n) is 11.8. The Morgan fingerprint density at radius 2 is 2.38 bits per heavy atom. The second kappa shape index (κ2) is 7.49. The monoisotopic (exact) mass is 294 g/mol. The van der Waals surface area contributed by atoms with Gasteiger partial charge in [-0.3, -0.25) is 4.79 Å². The summed E-state index contributed by atoms with van der Waals surface area (Å²) in [7, 11) is 1.62. The van der Waals surface area contributed by atoms with E-state index in [9.17, 15) is 4.79 Å². The van der Waals surface area contributed by atoms with Gasteiger partial charge in [-0.05, 0) is 18.6 Å². The number of benzene rings is 1. The standard InChI is InChI=1S/C14H18N2O5/c1-19-6-2-5-15-14(17)9-20-10-3-4-11-12(16-18)8-21-13(11)7-10/h3-4,7,18H,2,5-6,8-9H2,1H3,(H,15,17). The molecule has 0 radical (unpaired) electrons. The molecule has 114 valence electrons. The van der Waals surface area contributed by atoms with Crippen molar-refractivity contribution in [2.45, 2.75) is 6.42 Å². The number of methoxy groups -OCH3 is 1. The van der Waals surface area contributed by atoms with Gasteiger partial charge in [0.1, 0.15) is 23.8 Å². The Kier molecular flexibility index (Phi) is 5.39. The van der Waals surface area contributed by atoms with Gasteiger partial charge in [0.05, 0.1) is 0 Å². The number of hydrogen-bond donors (Lipinski definition) is 2. The van der Waals surface area contributed by atoms with Crippen LogP contribution in [0.3, 0.4) is 0 Å². The predicted molar refractivity (Wildman–Crippen MR) is 75.3 cm³/mol. The lowest BCUT2D eigenvalue weighted by Crippen LogP contribution is -2.30. The van der Waals surface area contributed by atoms with Gasteiger partial charge in [0.25, 0.3) is 5.91 Å². The summed E-state index contributed by atoms with van der Waals surface area (Å²) in [6.45, 7) is 1.33. The normalized spacial score (nSPS) is 14.6. The molecule has 0 unspecified atom stereocenters. The van der Waals surface area contributed by atoms with Crippen LogP contribution in [0.2, 0.25) is 0 Å². The Balaban J connectivity index is 1.80. The summed E-state index contributed by atoms with van der Waals surface area (Å²) in [5, 5.41) is 14.7. The van der Waals surface area contributed by atoms with Crippen LogP contribution in [-0.2, 0) is 9.53 Å². The minimum absolute atomic E-state index is 0.0628. The van der Waals surface area contributed by atoms with Crippen LogP contribution in [0.15, 0.2) is 23.4 Å². The van der Waals surface area contributed by atoms with Gasteiger partial charge >= 0.3 is 0 Å². The van der Waals surface area contributed by atoms with Crippen LogP contribution in [0.25, 0.3) is 0 Å². The second-order valence-corrected chi connectivity index (χ2v) is 4.48. The van der Waals surface area contributed by atoms with Crippen LogP contribution in [0, 0.1) is 0 Å². The predicted octanol–water partition coefficient (Wildman–Crippen LogP) is 0.789. The van der Waals surface area contributed by atoms with E-state index in [-0.39, 0.29) is 19.1 Å². The number of amides is 1. The molecule has 1 aromatic rings. The Bertz CT molecular complexity index is 530. The first-order valence-corrected chi connectivity index (χ1v) is 6.61. The maximum absolute atomic E-state index is 11.6. The van der Waals surface area contributed by atoms with E-state index in [1.54, 1.807) is 25.3 Å². The first-order chi connectivity index (χ1) is 10.2. The molecule has 0 saturated carbocycles. The molecule has 7 heteroatoms. The van der Waals surface area contributed by atoms with Gasteiger partial charge in [-0.15, -0.1) is 0 Å². The summed E-state index contributed by atoms with van der Waals surface area (Å²) in [6, 6.07) is 5.12. The van der Waals surface area contributed by atoms with E-state index >= 15 is 0 Å². The van der Waals surface area contributed by atoms with Gasteiger partial charge in [-0.25, -0.2) is 0 Å². The highest BCUT2D eigenvalue weighted by atomic mass is 16.5. The molecule has 21 heavy (non-hydrogen) atoms. The molecule has 0 fully saturated rings. The number of ether oxygens (including phenoxy) is 3. The summed E-state index contributed by atoms with van der Waals surface area (Å²) >= 11 is 0. The Morgan fingerprint density at radius 3 is 3.14 bits per heavy atom. The van der Waals surface area contributed by atoms with Crippen LogP contribution in [0.5, 0.6) is 11.5 Å². The van der Waals surface area contributed by atoms with E-state index in [1.165, 1.54) is 0 Å². The first-order valence-electron chi connectivity index (χ1n) is 6.61. The van der Waals surface area contributed by atoms with Crippen molar-refractivity contribution in [3.05, 3.63) is 23.8 Å². The van der Waals surface area contributed by atoms with E-state index in [2.05, 4.69) is 10.5 Å². The quantitative estimate of drug-likeness (QED) is 0.441. The molecule has 1 amide bonds. The lowest BCUT2D eigenvalue weighted by Gasteiger charge is -2.08. The number of fused-ring (bicyclic) bond motifs is 1. The number of nitrogens with one attached hydrogen (secondary N) is 1. The van der Waals surface area contributed by atoms with E-state index in [0.29, 0.717) is 30.4 Å². The highest BCUT2D eigenvalue weighted by molar-refractivity contribution is 6.06. The molecule has 2 N–H and O–H groups in total. The van der Waals surface area contributed by atoms with Gasteiger partial charge in [-0.1, -0.05) is 5.16 Å². The molecule has 0 bridgehead atoms. The molecule has 2 rings (SSSR count). The zero-order valence-corrected chi connectivity index (χ0v) is 11.8. The Labute approximate surface area is 122 Å². The molecule has 1 aliphatic rings. The smallest absolute Gasteiger partial charge is 0.257 e. The van der Waals surface area contributed by atoms with Crippen molar-refractivity contribution in [1.82, 2.24) is 5.32 Å². The van der Waals surface area contributed by atoms with Crippen LogP contribution in [-0.4, -0.2) is 50.3 Å². The Hall–Kier alpha value is -2.28. The lowest BCUT2D eigenvalue weighted by atomic mass is 10.1. The number of carbonyl (C=O) groups is 1. The maximum Gasteiger partial charge on any atom is 0.257 e. The molecular weight excluding hydrogens is 276 g/mol. The fraction of sp³-hybridized carbons (Fsp3) is 0.429. The summed E-state index contributed by atoms with van der Waals surface area (Å²) < 4.78 is 15.6. The minimum atomic E-state index is -0.190. The number of nitrogens with zero attached hydrogens (tertiary/aromatic N) is 1. The Morgan fingerprint density at radius 1 is 1.52 bits per heavy atom. The first kappa shape index (κ1) is 15.1. The minimum Gasteiger partial charge on any atom is -0.486 e. The molecule has 1 heterocycles. The average Bonchev–Trinajstić information content (AvgIpc) is 2.91. The average molecular weight is 294 g/mol.